The molecule has 8 heteroatoms. The van der Waals surface area contributed by atoms with Crippen LogP contribution < -0.4 is 0 Å². The van der Waals surface area contributed by atoms with Crippen molar-refractivity contribution < 1.29 is 30.2 Å². The highest BCUT2D eigenvalue weighted by atomic mass is 32.2. The summed E-state index contributed by atoms with van der Waals surface area (Å²) in [6.07, 6.45) is 0. The molecule has 0 saturated heterocycles. The molecule has 0 saturated carbocycles. The first-order chi connectivity index (χ1) is 5.06. The Morgan fingerprint density at radius 1 is 1.17 bits per heavy atom. The predicted octanol–water partition coefficient (Wildman–Crippen LogP) is 1.21. The third-order valence-electron chi connectivity index (χ3n) is 1.04. The lowest BCUT2D eigenvalue weighted by Gasteiger charge is -2.20. The minimum absolute atomic E-state index is 0.205. The van der Waals surface area contributed by atoms with Gasteiger partial charge >= 0.3 is 21.3 Å². The van der Waals surface area contributed by atoms with Gasteiger partial charge in [-0.05, 0) is 0 Å². The molecule has 0 aliphatic rings. The normalized spacial score (nSPS) is 14.8. The molecule has 3 nitrogen and oxygen atoms in total. The van der Waals surface area contributed by atoms with Gasteiger partial charge in [-0.25, -0.2) is 0 Å². The van der Waals surface area contributed by atoms with Crippen molar-refractivity contribution >= 4 is 10.1 Å². The number of hydrogen-bond acceptors (Lipinski definition) is 3. The Balaban J connectivity index is 5.14. The fourth-order valence-electron chi connectivity index (χ4n) is 0.324. The monoisotopic (exact) mass is 210 g/mol. The van der Waals surface area contributed by atoms with Crippen molar-refractivity contribution in [3.05, 3.63) is 0 Å². The first kappa shape index (κ1) is 11.6. The van der Waals surface area contributed by atoms with E-state index in [1.807, 2.05) is 0 Å². The van der Waals surface area contributed by atoms with Crippen LogP contribution in [-0.4, -0.2) is 26.7 Å². The molecule has 0 atom stereocenters. The standard InChI is InChI=1S/C4H6F4O3S/c1-3(5,6)4(7,8)12(9,10)11-2/h1-2H3. The van der Waals surface area contributed by atoms with Gasteiger partial charge in [0.2, 0.25) is 0 Å². The Bertz CT molecular complexity index is 252. The number of alkyl halides is 4. The SMILES string of the molecule is COS(=O)(=O)C(F)(F)C(C)(F)F. The van der Waals surface area contributed by atoms with Gasteiger partial charge in [-0.15, -0.1) is 0 Å². The predicted molar refractivity (Wildman–Crippen MR) is 31.5 cm³/mol. The summed E-state index contributed by atoms with van der Waals surface area (Å²) in [5, 5.41) is -5.20. The minimum atomic E-state index is -5.54. The molecule has 0 heterocycles. The van der Waals surface area contributed by atoms with E-state index in [1.165, 1.54) is 0 Å². The summed E-state index contributed by atoms with van der Waals surface area (Å²) in [7, 11) is -5.15. The molecule has 74 valence electrons. The van der Waals surface area contributed by atoms with E-state index >= 15 is 0 Å². The van der Waals surface area contributed by atoms with E-state index < -0.39 is 21.3 Å². The highest BCUT2D eigenvalue weighted by molar-refractivity contribution is 7.87. The maximum Gasteiger partial charge on any atom is 0.431 e. The second-order valence-corrected chi connectivity index (χ2v) is 3.78. The molecule has 0 rings (SSSR count). The average Bonchev–Trinajstić information content (AvgIpc) is 1.85. The maximum atomic E-state index is 12.2. The van der Waals surface area contributed by atoms with E-state index in [0.29, 0.717) is 7.11 Å². The summed E-state index contributed by atoms with van der Waals surface area (Å²) in [6, 6.07) is 0. The molecule has 0 bridgehead atoms. The molecule has 12 heavy (non-hydrogen) atoms. The van der Waals surface area contributed by atoms with Gasteiger partial charge in [0.25, 0.3) is 0 Å². The van der Waals surface area contributed by atoms with E-state index in [-0.39, 0.29) is 6.92 Å². The second-order valence-electron chi connectivity index (χ2n) is 2.03. The van der Waals surface area contributed by atoms with Crippen LogP contribution in [0.4, 0.5) is 17.6 Å². The summed E-state index contributed by atoms with van der Waals surface area (Å²) >= 11 is 0. The van der Waals surface area contributed by atoms with Crippen LogP contribution in [0.3, 0.4) is 0 Å². The van der Waals surface area contributed by atoms with Crippen molar-refractivity contribution in [2.24, 2.45) is 0 Å². The van der Waals surface area contributed by atoms with Crippen LogP contribution >= 0.6 is 0 Å². The molecular formula is C4H6F4O3S. The lowest BCUT2D eigenvalue weighted by Crippen LogP contribution is -2.45. The van der Waals surface area contributed by atoms with Crippen molar-refractivity contribution in [2.45, 2.75) is 18.1 Å². The molecule has 0 aromatic carbocycles. The van der Waals surface area contributed by atoms with E-state index in [2.05, 4.69) is 4.18 Å². The van der Waals surface area contributed by atoms with Crippen LogP contribution in [0.2, 0.25) is 0 Å². The van der Waals surface area contributed by atoms with Gasteiger partial charge < -0.3 is 0 Å². The zero-order valence-electron chi connectivity index (χ0n) is 6.14. The van der Waals surface area contributed by atoms with E-state index in [0.717, 1.165) is 0 Å². The third kappa shape index (κ3) is 1.69. The fraction of sp³-hybridized carbons (Fsp3) is 1.00. The van der Waals surface area contributed by atoms with E-state index in [1.54, 1.807) is 0 Å². The molecule has 0 unspecified atom stereocenters. The first-order valence-electron chi connectivity index (χ1n) is 2.62. The van der Waals surface area contributed by atoms with Gasteiger partial charge in [0.05, 0.1) is 7.11 Å². The zero-order chi connectivity index (χ0) is 10.2. The fourth-order valence-corrected chi connectivity index (χ4v) is 0.972. The summed E-state index contributed by atoms with van der Waals surface area (Å²) in [6.45, 7) is -0.205. The second kappa shape index (κ2) is 2.84. The van der Waals surface area contributed by atoms with Crippen LogP contribution in [-0.2, 0) is 14.3 Å². The Kier molecular flexibility index (Phi) is 2.75. The van der Waals surface area contributed by atoms with Gasteiger partial charge in [-0.2, -0.15) is 26.0 Å². The topological polar surface area (TPSA) is 43.4 Å². The van der Waals surface area contributed by atoms with Gasteiger partial charge in [0.1, 0.15) is 0 Å². The maximum absolute atomic E-state index is 12.2. The van der Waals surface area contributed by atoms with Crippen molar-refractivity contribution in [3.63, 3.8) is 0 Å². The van der Waals surface area contributed by atoms with E-state index in [9.17, 15) is 26.0 Å². The average molecular weight is 210 g/mol. The van der Waals surface area contributed by atoms with E-state index in [4.69, 9.17) is 0 Å². The van der Waals surface area contributed by atoms with Crippen molar-refractivity contribution in [2.75, 3.05) is 7.11 Å². The Labute approximate surface area is 66.4 Å². The van der Waals surface area contributed by atoms with Gasteiger partial charge in [-0.1, -0.05) is 0 Å². The van der Waals surface area contributed by atoms with Crippen LogP contribution in [0.5, 0.6) is 0 Å². The third-order valence-corrected chi connectivity index (χ3v) is 2.47. The largest absolute Gasteiger partial charge is 0.431 e. The summed E-state index contributed by atoms with van der Waals surface area (Å²) in [5.74, 6) is -4.66. The molecule has 0 amide bonds. The molecule has 0 aromatic heterocycles. The first-order valence-corrected chi connectivity index (χ1v) is 4.03. The van der Waals surface area contributed by atoms with Crippen LogP contribution in [0.1, 0.15) is 6.92 Å². The van der Waals surface area contributed by atoms with Gasteiger partial charge in [0.15, 0.2) is 0 Å². The molecule has 0 spiro atoms. The summed E-state index contributed by atoms with van der Waals surface area (Å²) < 4.78 is 72.1. The Morgan fingerprint density at radius 3 is 1.58 bits per heavy atom. The quantitative estimate of drug-likeness (QED) is 0.519. The lowest BCUT2D eigenvalue weighted by atomic mass is 10.4. The molecule has 0 radical (unpaired) electrons. The summed E-state index contributed by atoms with van der Waals surface area (Å²) in [5.41, 5.74) is 0. The van der Waals surface area contributed by atoms with Crippen molar-refractivity contribution in [1.82, 2.24) is 0 Å². The number of hydrogen-bond donors (Lipinski definition) is 0. The van der Waals surface area contributed by atoms with Crippen molar-refractivity contribution in [1.29, 1.82) is 0 Å². The summed E-state index contributed by atoms with van der Waals surface area (Å²) in [4.78, 5) is 0. The Hall–Kier alpha value is -0.370. The van der Waals surface area contributed by atoms with Crippen molar-refractivity contribution in [3.8, 4) is 0 Å². The van der Waals surface area contributed by atoms with Gasteiger partial charge in [-0.3, -0.25) is 4.18 Å². The molecule has 0 fully saturated rings. The minimum Gasteiger partial charge on any atom is -0.269 e. The number of rotatable bonds is 3. The molecular weight excluding hydrogens is 204 g/mol. The number of halogens is 4. The highest BCUT2D eigenvalue weighted by Crippen LogP contribution is 2.38. The Morgan fingerprint density at radius 2 is 1.50 bits per heavy atom. The lowest BCUT2D eigenvalue weighted by molar-refractivity contribution is -0.147. The smallest absolute Gasteiger partial charge is 0.269 e. The molecule has 0 aliphatic carbocycles. The van der Waals surface area contributed by atoms with Crippen LogP contribution in [0, 0.1) is 0 Å². The van der Waals surface area contributed by atoms with Crippen LogP contribution in [0.15, 0.2) is 0 Å². The van der Waals surface area contributed by atoms with Crippen LogP contribution in [0.25, 0.3) is 0 Å². The molecule has 0 N–H and O–H groups in total. The zero-order valence-corrected chi connectivity index (χ0v) is 6.96. The molecule has 0 aliphatic heterocycles. The van der Waals surface area contributed by atoms with Gasteiger partial charge in [0, 0.05) is 6.92 Å². The highest BCUT2D eigenvalue weighted by Gasteiger charge is 2.63. The molecule has 0 aromatic rings.